The minimum absolute atomic E-state index is 0.500. The van der Waals surface area contributed by atoms with Gasteiger partial charge in [0.15, 0.2) is 0 Å². The van der Waals surface area contributed by atoms with Crippen molar-refractivity contribution < 1.29 is 20.1 Å². The first kappa shape index (κ1) is 12.3. The molecule has 0 amide bonds. The molecule has 0 saturated carbocycles. The van der Waals surface area contributed by atoms with E-state index in [0.717, 1.165) is 12.8 Å². The zero-order chi connectivity index (χ0) is 10.3. The summed E-state index contributed by atoms with van der Waals surface area (Å²) in [4.78, 5) is 10.4. The second-order valence-electron chi connectivity index (χ2n) is 2.90. The van der Waals surface area contributed by atoms with E-state index in [1.54, 1.807) is 0 Å². The van der Waals surface area contributed by atoms with Crippen molar-refractivity contribution in [1.82, 2.24) is 5.32 Å². The summed E-state index contributed by atoms with van der Waals surface area (Å²) >= 11 is 0. The van der Waals surface area contributed by atoms with Crippen LogP contribution in [-0.2, 0) is 4.79 Å². The molecule has 1 unspecified atom stereocenters. The fraction of sp³-hybridized carbons (Fsp3) is 0.875. The van der Waals surface area contributed by atoms with Crippen molar-refractivity contribution in [3.63, 3.8) is 0 Å². The first-order chi connectivity index (χ1) is 6.11. The number of unbranched alkanes of at least 4 members (excludes halogenated alkanes) is 1. The van der Waals surface area contributed by atoms with Crippen LogP contribution in [0.25, 0.3) is 0 Å². The van der Waals surface area contributed by atoms with Gasteiger partial charge >= 0.3 is 5.97 Å². The molecule has 0 aliphatic heterocycles. The van der Waals surface area contributed by atoms with Crippen LogP contribution in [0.15, 0.2) is 0 Å². The number of nitrogens with one attached hydrogen (secondary N) is 1. The summed E-state index contributed by atoms with van der Waals surface area (Å²) < 4.78 is 0. The summed E-state index contributed by atoms with van der Waals surface area (Å²) in [6, 6.07) is -1.08. The van der Waals surface area contributed by atoms with Crippen molar-refractivity contribution in [2.24, 2.45) is 0 Å². The largest absolute Gasteiger partial charge is 0.480 e. The quantitative estimate of drug-likeness (QED) is 0.408. The molecular formula is C8H17NO4. The summed E-state index contributed by atoms with van der Waals surface area (Å²) in [5, 5.41) is 28.8. The predicted molar refractivity (Wildman–Crippen MR) is 47.2 cm³/mol. The molecule has 0 saturated heterocycles. The van der Waals surface area contributed by atoms with E-state index < -0.39 is 24.8 Å². The fourth-order valence-corrected chi connectivity index (χ4v) is 0.915. The molecule has 0 bridgehead atoms. The predicted octanol–water partition coefficient (Wildman–Crippen LogP) is -0.470. The Morgan fingerprint density at radius 2 is 2.15 bits per heavy atom. The summed E-state index contributed by atoms with van der Waals surface area (Å²) in [6.45, 7) is 1.46. The Bertz CT molecular complexity index is 151. The Morgan fingerprint density at radius 3 is 2.54 bits per heavy atom. The van der Waals surface area contributed by atoms with Crippen molar-refractivity contribution in [2.45, 2.75) is 38.5 Å². The highest BCUT2D eigenvalue weighted by molar-refractivity contribution is 5.73. The second-order valence-corrected chi connectivity index (χ2v) is 2.90. The minimum Gasteiger partial charge on any atom is -0.480 e. The van der Waals surface area contributed by atoms with E-state index in [9.17, 15) is 9.90 Å². The molecule has 0 aliphatic rings. The van der Waals surface area contributed by atoms with Crippen molar-refractivity contribution >= 4 is 5.97 Å². The van der Waals surface area contributed by atoms with Crippen LogP contribution in [0.2, 0.25) is 0 Å². The monoisotopic (exact) mass is 191 g/mol. The van der Waals surface area contributed by atoms with Gasteiger partial charge in [-0.05, 0) is 12.8 Å². The van der Waals surface area contributed by atoms with Crippen molar-refractivity contribution in [1.29, 1.82) is 0 Å². The van der Waals surface area contributed by atoms with E-state index in [1.165, 1.54) is 0 Å². The number of aliphatic hydroxyl groups is 2. The normalized spacial score (nSPS) is 15.3. The molecule has 4 N–H and O–H groups in total. The lowest BCUT2D eigenvalue weighted by Gasteiger charge is -2.16. The molecular weight excluding hydrogens is 174 g/mol. The van der Waals surface area contributed by atoms with Gasteiger partial charge in [0.1, 0.15) is 12.3 Å². The standard InChI is InChI=1S/C8H17NO4/c1-2-3-4-7(11)9-6(5-10)8(12)13/h6-7,9-11H,2-5H2,1H3,(H,12,13)/t6-,7?/m1/s1. The number of carboxylic acids is 1. The minimum atomic E-state index is -1.15. The lowest BCUT2D eigenvalue weighted by atomic mass is 10.2. The Balaban J connectivity index is 3.73. The maximum absolute atomic E-state index is 10.4. The van der Waals surface area contributed by atoms with Gasteiger partial charge in [-0.3, -0.25) is 10.1 Å². The summed E-state index contributed by atoms with van der Waals surface area (Å²) in [5.41, 5.74) is 0. The van der Waals surface area contributed by atoms with Gasteiger partial charge in [0.25, 0.3) is 0 Å². The van der Waals surface area contributed by atoms with Crippen LogP contribution >= 0.6 is 0 Å². The molecule has 13 heavy (non-hydrogen) atoms. The topological polar surface area (TPSA) is 89.8 Å². The molecule has 78 valence electrons. The van der Waals surface area contributed by atoms with Crippen molar-refractivity contribution in [3.8, 4) is 0 Å². The van der Waals surface area contributed by atoms with Gasteiger partial charge in [-0.25, -0.2) is 0 Å². The average Bonchev–Trinajstić information content (AvgIpc) is 2.10. The molecule has 2 atom stereocenters. The molecule has 0 aliphatic carbocycles. The van der Waals surface area contributed by atoms with Crippen molar-refractivity contribution in [2.75, 3.05) is 6.61 Å². The van der Waals surface area contributed by atoms with Gasteiger partial charge in [-0.1, -0.05) is 13.3 Å². The van der Waals surface area contributed by atoms with Gasteiger partial charge < -0.3 is 15.3 Å². The summed E-state index contributed by atoms with van der Waals surface area (Å²) in [7, 11) is 0. The summed E-state index contributed by atoms with van der Waals surface area (Å²) in [5.74, 6) is -1.15. The first-order valence-corrected chi connectivity index (χ1v) is 4.39. The van der Waals surface area contributed by atoms with E-state index in [-0.39, 0.29) is 0 Å². The van der Waals surface area contributed by atoms with Crippen molar-refractivity contribution in [3.05, 3.63) is 0 Å². The van der Waals surface area contributed by atoms with Crippen LogP contribution in [0.3, 0.4) is 0 Å². The molecule has 0 rings (SSSR count). The second kappa shape index (κ2) is 6.82. The zero-order valence-electron chi connectivity index (χ0n) is 7.73. The third-order valence-electron chi connectivity index (χ3n) is 1.71. The number of aliphatic carboxylic acids is 1. The van der Waals surface area contributed by atoms with E-state index in [0.29, 0.717) is 6.42 Å². The average molecular weight is 191 g/mol. The third kappa shape index (κ3) is 5.57. The van der Waals surface area contributed by atoms with E-state index in [4.69, 9.17) is 10.2 Å². The smallest absolute Gasteiger partial charge is 0.323 e. The van der Waals surface area contributed by atoms with Gasteiger partial charge in [0, 0.05) is 0 Å². The van der Waals surface area contributed by atoms with Crippen LogP contribution in [0, 0.1) is 0 Å². The maximum Gasteiger partial charge on any atom is 0.323 e. The Hall–Kier alpha value is -0.650. The Kier molecular flexibility index (Phi) is 6.48. The molecule has 5 heteroatoms. The number of carboxylic acid groups (broad SMARTS) is 1. The molecule has 0 aromatic heterocycles. The number of hydrogen-bond acceptors (Lipinski definition) is 4. The fourth-order valence-electron chi connectivity index (χ4n) is 0.915. The molecule has 0 heterocycles. The Labute approximate surface area is 77.4 Å². The van der Waals surface area contributed by atoms with Crippen LogP contribution in [-0.4, -0.2) is 40.2 Å². The third-order valence-corrected chi connectivity index (χ3v) is 1.71. The lowest BCUT2D eigenvalue weighted by Crippen LogP contribution is -2.45. The number of carbonyl (C=O) groups is 1. The lowest BCUT2D eigenvalue weighted by molar-refractivity contribution is -0.141. The molecule has 0 radical (unpaired) electrons. The number of aliphatic hydroxyl groups excluding tert-OH is 2. The van der Waals surface area contributed by atoms with Gasteiger partial charge in [-0.15, -0.1) is 0 Å². The molecule has 5 nitrogen and oxygen atoms in total. The van der Waals surface area contributed by atoms with Gasteiger partial charge in [-0.2, -0.15) is 0 Å². The van der Waals surface area contributed by atoms with Crippen LogP contribution in [0.4, 0.5) is 0 Å². The highest BCUT2D eigenvalue weighted by Gasteiger charge is 2.18. The van der Waals surface area contributed by atoms with Gasteiger partial charge in [0.2, 0.25) is 0 Å². The van der Waals surface area contributed by atoms with Crippen LogP contribution in [0.1, 0.15) is 26.2 Å². The number of hydrogen-bond donors (Lipinski definition) is 4. The van der Waals surface area contributed by atoms with Crippen LogP contribution < -0.4 is 5.32 Å². The zero-order valence-corrected chi connectivity index (χ0v) is 7.73. The number of rotatable bonds is 7. The molecule has 0 aromatic rings. The first-order valence-electron chi connectivity index (χ1n) is 4.39. The highest BCUT2D eigenvalue weighted by atomic mass is 16.4. The molecule has 0 spiro atoms. The highest BCUT2D eigenvalue weighted by Crippen LogP contribution is 1.98. The van der Waals surface area contributed by atoms with E-state index in [1.807, 2.05) is 6.92 Å². The molecule has 0 fully saturated rings. The summed E-state index contributed by atoms with van der Waals surface area (Å²) in [6.07, 6.45) is 1.41. The SMILES string of the molecule is CCCCC(O)N[C@H](CO)C(=O)O. The van der Waals surface area contributed by atoms with E-state index >= 15 is 0 Å². The Morgan fingerprint density at radius 1 is 1.54 bits per heavy atom. The maximum atomic E-state index is 10.4. The van der Waals surface area contributed by atoms with Crippen LogP contribution in [0.5, 0.6) is 0 Å². The molecule has 0 aromatic carbocycles. The van der Waals surface area contributed by atoms with E-state index in [2.05, 4.69) is 5.32 Å². The van der Waals surface area contributed by atoms with Gasteiger partial charge in [0.05, 0.1) is 6.61 Å².